The Hall–Kier alpha value is -2.70. The van der Waals surface area contributed by atoms with Crippen LogP contribution >= 0.6 is 0 Å². The van der Waals surface area contributed by atoms with E-state index < -0.39 is 11.6 Å². The monoisotopic (exact) mass is 439 g/mol. The van der Waals surface area contributed by atoms with Crippen LogP contribution in [0.4, 0.5) is 4.79 Å². The number of aryl methyl sites for hydroxylation is 2. The quantitative estimate of drug-likeness (QED) is 0.576. The first-order chi connectivity index (χ1) is 15.2. The van der Waals surface area contributed by atoms with E-state index >= 15 is 0 Å². The summed E-state index contributed by atoms with van der Waals surface area (Å²) in [4.78, 5) is 54.1. The SMILES string of the molecule is Cc1ccc(C(=O)C2CCN(C(=O)CN3C(=O)NC4(CCC(C)CC4)C3=O)CC2)c(C)c1. The van der Waals surface area contributed by atoms with Crippen LogP contribution in [-0.4, -0.2) is 58.6 Å². The largest absolute Gasteiger partial charge is 0.341 e. The molecule has 1 aromatic carbocycles. The molecule has 2 saturated heterocycles. The second-order valence-electron chi connectivity index (χ2n) is 9.92. The molecular formula is C25H33N3O4. The molecule has 0 radical (unpaired) electrons. The van der Waals surface area contributed by atoms with Gasteiger partial charge in [0.25, 0.3) is 5.91 Å². The van der Waals surface area contributed by atoms with Gasteiger partial charge in [0.05, 0.1) is 0 Å². The first kappa shape index (κ1) is 22.5. The molecule has 1 aliphatic carbocycles. The number of rotatable bonds is 4. The van der Waals surface area contributed by atoms with Crippen molar-refractivity contribution in [2.75, 3.05) is 19.6 Å². The molecule has 172 valence electrons. The fraction of sp³-hybridized carbons (Fsp3) is 0.600. The number of carbonyl (C=O) groups excluding carboxylic acids is 4. The number of nitrogens with one attached hydrogen (secondary N) is 1. The molecule has 7 nitrogen and oxygen atoms in total. The second-order valence-corrected chi connectivity index (χ2v) is 9.92. The predicted octanol–water partition coefficient (Wildman–Crippen LogP) is 3.23. The van der Waals surface area contributed by atoms with E-state index in [9.17, 15) is 19.2 Å². The maximum atomic E-state index is 13.0. The summed E-state index contributed by atoms with van der Waals surface area (Å²) < 4.78 is 0. The van der Waals surface area contributed by atoms with Crippen molar-refractivity contribution in [1.82, 2.24) is 15.1 Å². The van der Waals surface area contributed by atoms with E-state index in [1.807, 2.05) is 32.0 Å². The summed E-state index contributed by atoms with van der Waals surface area (Å²) in [6, 6.07) is 5.41. The average Bonchev–Trinajstić information content (AvgIpc) is 2.99. The van der Waals surface area contributed by atoms with Crippen LogP contribution in [0.5, 0.6) is 0 Å². The van der Waals surface area contributed by atoms with Crippen LogP contribution in [0.2, 0.25) is 0 Å². The van der Waals surface area contributed by atoms with Gasteiger partial charge in [0.1, 0.15) is 12.1 Å². The van der Waals surface area contributed by atoms with Crippen LogP contribution in [0.3, 0.4) is 0 Å². The van der Waals surface area contributed by atoms with Gasteiger partial charge in [0, 0.05) is 24.6 Å². The van der Waals surface area contributed by atoms with Gasteiger partial charge in [-0.25, -0.2) is 4.79 Å². The normalized spacial score (nSPS) is 26.5. The molecule has 4 amide bonds. The Morgan fingerprint density at radius 2 is 1.72 bits per heavy atom. The number of benzene rings is 1. The molecule has 2 heterocycles. The minimum Gasteiger partial charge on any atom is -0.341 e. The molecular weight excluding hydrogens is 406 g/mol. The van der Waals surface area contributed by atoms with E-state index in [0.717, 1.165) is 34.4 Å². The van der Waals surface area contributed by atoms with Crippen molar-refractivity contribution in [1.29, 1.82) is 0 Å². The molecule has 7 heteroatoms. The minimum absolute atomic E-state index is 0.107. The van der Waals surface area contributed by atoms with Crippen LogP contribution in [0.1, 0.15) is 66.9 Å². The van der Waals surface area contributed by atoms with E-state index in [1.54, 1.807) is 4.90 Å². The number of ketones is 1. The minimum atomic E-state index is -0.824. The Morgan fingerprint density at radius 1 is 1.06 bits per heavy atom. The average molecular weight is 440 g/mol. The van der Waals surface area contributed by atoms with Gasteiger partial charge in [-0.1, -0.05) is 30.7 Å². The molecule has 4 rings (SSSR count). The first-order valence-electron chi connectivity index (χ1n) is 11.7. The zero-order valence-corrected chi connectivity index (χ0v) is 19.3. The van der Waals surface area contributed by atoms with Crippen molar-refractivity contribution in [3.63, 3.8) is 0 Å². The van der Waals surface area contributed by atoms with Crippen molar-refractivity contribution in [2.45, 2.75) is 64.8 Å². The summed E-state index contributed by atoms with van der Waals surface area (Å²) in [6.07, 6.45) is 4.26. The zero-order valence-electron chi connectivity index (χ0n) is 19.3. The zero-order chi connectivity index (χ0) is 23.0. The van der Waals surface area contributed by atoms with Gasteiger partial charge < -0.3 is 10.2 Å². The summed E-state index contributed by atoms with van der Waals surface area (Å²) in [6.45, 7) is 6.82. The highest BCUT2D eigenvalue weighted by molar-refractivity contribution is 6.09. The van der Waals surface area contributed by atoms with Crippen molar-refractivity contribution >= 4 is 23.6 Å². The molecule has 1 N–H and O–H groups in total. The van der Waals surface area contributed by atoms with Crippen molar-refractivity contribution in [3.05, 3.63) is 34.9 Å². The van der Waals surface area contributed by atoms with E-state index in [-0.39, 0.29) is 30.1 Å². The van der Waals surface area contributed by atoms with Crippen LogP contribution in [0.15, 0.2) is 18.2 Å². The van der Waals surface area contributed by atoms with E-state index in [1.165, 1.54) is 0 Å². The second kappa shape index (κ2) is 8.68. The van der Waals surface area contributed by atoms with E-state index in [2.05, 4.69) is 12.2 Å². The Kier molecular flexibility index (Phi) is 6.10. The maximum absolute atomic E-state index is 13.0. The Labute approximate surface area is 189 Å². The number of Topliss-reactive ketones (excluding diaryl/α,β-unsaturated/α-hetero) is 1. The molecule has 2 aliphatic heterocycles. The van der Waals surface area contributed by atoms with Crippen molar-refractivity contribution in [2.24, 2.45) is 11.8 Å². The molecule has 0 atom stereocenters. The highest BCUT2D eigenvalue weighted by Gasteiger charge is 2.52. The lowest BCUT2D eigenvalue weighted by Crippen LogP contribution is -2.50. The number of likely N-dealkylation sites (tertiary alicyclic amines) is 1. The molecule has 1 saturated carbocycles. The van der Waals surface area contributed by atoms with Crippen LogP contribution < -0.4 is 5.32 Å². The third-order valence-corrected chi connectivity index (χ3v) is 7.53. The van der Waals surface area contributed by atoms with Crippen LogP contribution in [0, 0.1) is 25.7 Å². The Bertz CT molecular complexity index is 941. The number of hydrogen-bond donors (Lipinski definition) is 1. The number of nitrogens with zero attached hydrogens (tertiary/aromatic N) is 2. The van der Waals surface area contributed by atoms with Crippen molar-refractivity contribution < 1.29 is 19.2 Å². The summed E-state index contributed by atoms with van der Waals surface area (Å²) in [7, 11) is 0. The maximum Gasteiger partial charge on any atom is 0.325 e. The topological polar surface area (TPSA) is 86.8 Å². The number of imide groups is 1. The highest BCUT2D eigenvalue weighted by Crippen LogP contribution is 2.36. The van der Waals surface area contributed by atoms with Crippen molar-refractivity contribution in [3.8, 4) is 0 Å². The summed E-state index contributed by atoms with van der Waals surface area (Å²) >= 11 is 0. The molecule has 0 unspecified atom stereocenters. The summed E-state index contributed by atoms with van der Waals surface area (Å²) in [5.74, 6) is 0.0883. The van der Waals surface area contributed by atoms with Gasteiger partial charge in [-0.2, -0.15) is 0 Å². The van der Waals surface area contributed by atoms with Crippen LogP contribution in [-0.2, 0) is 9.59 Å². The molecule has 1 spiro atoms. The smallest absolute Gasteiger partial charge is 0.325 e. The van der Waals surface area contributed by atoms with Gasteiger partial charge in [-0.05, 0) is 63.9 Å². The fourth-order valence-electron chi connectivity index (χ4n) is 5.35. The van der Waals surface area contributed by atoms with Gasteiger partial charge in [-0.3, -0.25) is 19.3 Å². The summed E-state index contributed by atoms with van der Waals surface area (Å²) in [5, 5.41) is 2.87. The molecule has 0 aromatic heterocycles. The highest BCUT2D eigenvalue weighted by atomic mass is 16.2. The number of carbonyl (C=O) groups is 4. The molecule has 3 aliphatic rings. The molecule has 1 aromatic rings. The number of urea groups is 1. The molecule has 32 heavy (non-hydrogen) atoms. The van der Waals surface area contributed by atoms with Gasteiger partial charge in [0.15, 0.2) is 5.78 Å². The number of amides is 4. The lowest BCUT2D eigenvalue weighted by Gasteiger charge is -2.34. The van der Waals surface area contributed by atoms with Gasteiger partial charge >= 0.3 is 6.03 Å². The summed E-state index contributed by atoms with van der Waals surface area (Å²) in [5.41, 5.74) is 2.05. The number of piperidine rings is 1. The third kappa shape index (κ3) is 4.17. The molecule has 3 fully saturated rings. The lowest BCUT2D eigenvalue weighted by molar-refractivity contribution is -0.140. The first-order valence-corrected chi connectivity index (χ1v) is 11.7. The Balaban J connectivity index is 1.33. The Morgan fingerprint density at radius 3 is 2.34 bits per heavy atom. The van der Waals surface area contributed by atoms with Gasteiger partial charge in [0.2, 0.25) is 5.91 Å². The fourth-order valence-corrected chi connectivity index (χ4v) is 5.35. The standard InChI is InChI=1S/C25H33N3O4/c1-16-6-10-25(11-7-16)23(31)28(24(32)26-25)15-21(29)27-12-8-19(9-13-27)22(30)20-5-4-17(2)14-18(20)3/h4-5,14,16,19H,6-13,15H2,1-3H3,(H,26,32). The predicted molar refractivity (Wildman–Crippen MR) is 120 cm³/mol. The van der Waals surface area contributed by atoms with Gasteiger partial charge in [-0.15, -0.1) is 0 Å². The molecule has 0 bridgehead atoms. The number of hydrogen-bond acceptors (Lipinski definition) is 4. The van der Waals surface area contributed by atoms with Crippen LogP contribution in [0.25, 0.3) is 0 Å². The van der Waals surface area contributed by atoms with E-state index in [0.29, 0.717) is 44.7 Å². The van der Waals surface area contributed by atoms with E-state index in [4.69, 9.17) is 0 Å². The third-order valence-electron chi connectivity index (χ3n) is 7.53. The lowest BCUT2D eigenvalue weighted by atomic mass is 9.77.